The maximum Gasteiger partial charge on any atom is 0.269 e. The van der Waals surface area contributed by atoms with Crippen LogP contribution < -0.4 is 29.8 Å². The second-order valence-electron chi connectivity index (χ2n) is 12.2. The third-order valence-electron chi connectivity index (χ3n) is 8.70. The highest BCUT2D eigenvalue weighted by Crippen LogP contribution is 2.38. The molecule has 0 spiro atoms. The Kier molecular flexibility index (Phi) is 9.72. The minimum atomic E-state index is -0.691. The lowest BCUT2D eigenvalue weighted by molar-refractivity contribution is -0.0306. The Morgan fingerprint density at radius 3 is 2.62 bits per heavy atom. The number of ether oxygens (including phenoxy) is 5. The SMILES string of the molecule is COc1cc2c(Oc3ccc(CC(=O)c4c5c(cn(-c6ccc(F)cc6)c4=O)CCO5)cc3F)ccnc2cc1OCCCNCC1COC1. The minimum absolute atomic E-state index is 0.0587. The average molecular weight is 684 g/mol. The van der Waals surface area contributed by atoms with Crippen LogP contribution in [0.1, 0.15) is 27.9 Å². The number of halogens is 2. The van der Waals surface area contributed by atoms with Gasteiger partial charge < -0.3 is 29.0 Å². The quantitative estimate of drug-likeness (QED) is 0.114. The first-order valence-electron chi connectivity index (χ1n) is 16.4. The number of pyridine rings is 2. The summed E-state index contributed by atoms with van der Waals surface area (Å²) >= 11 is 0. The van der Waals surface area contributed by atoms with Gasteiger partial charge in [-0.1, -0.05) is 6.07 Å². The Bertz CT molecular complexity index is 2100. The minimum Gasteiger partial charge on any atom is -0.493 e. The van der Waals surface area contributed by atoms with Gasteiger partial charge in [0.25, 0.3) is 5.56 Å². The van der Waals surface area contributed by atoms with Crippen molar-refractivity contribution in [3.05, 3.63) is 112 Å². The first kappa shape index (κ1) is 33.2. The number of methoxy groups -OCH3 is 1. The standard InChI is InChI=1S/C38H35F2N3O7/c1-46-34-17-28-30(18-35(34)48-13-2-11-41-19-24-21-47-22-24)42-12-9-32(28)50-33-8-3-23(15-29(33)40)16-31(44)36-37-25(10-14-49-37)20-43(38(36)45)27-6-4-26(39)5-7-27/h3-9,12,15,17-18,20,24,41H,2,10-11,13-14,16,19,21-22H2,1H3. The van der Waals surface area contributed by atoms with E-state index in [0.29, 0.717) is 70.5 Å². The van der Waals surface area contributed by atoms with Crippen LogP contribution in [0.3, 0.4) is 0 Å². The van der Waals surface area contributed by atoms with Crippen molar-refractivity contribution in [3.8, 4) is 34.4 Å². The molecule has 0 amide bonds. The molecule has 1 N–H and O–H groups in total. The van der Waals surface area contributed by atoms with Crippen LogP contribution in [0, 0.1) is 17.6 Å². The van der Waals surface area contributed by atoms with Gasteiger partial charge in [-0.2, -0.15) is 0 Å². The molecule has 10 nitrogen and oxygen atoms in total. The topological polar surface area (TPSA) is 110 Å². The molecule has 0 atom stereocenters. The molecular weight excluding hydrogens is 648 g/mol. The fourth-order valence-corrected chi connectivity index (χ4v) is 6.00. The van der Waals surface area contributed by atoms with Crippen LogP contribution in [0.2, 0.25) is 0 Å². The third kappa shape index (κ3) is 7.03. The predicted octanol–water partition coefficient (Wildman–Crippen LogP) is 5.83. The summed E-state index contributed by atoms with van der Waals surface area (Å²) in [5.41, 5.74) is 1.31. The Morgan fingerprint density at radius 1 is 1.02 bits per heavy atom. The van der Waals surface area contributed by atoms with Crippen LogP contribution in [0.15, 0.2) is 77.9 Å². The molecule has 1 fully saturated rings. The van der Waals surface area contributed by atoms with Gasteiger partial charge in [0.1, 0.15) is 22.9 Å². The molecule has 4 heterocycles. The number of benzene rings is 3. The molecule has 50 heavy (non-hydrogen) atoms. The lowest BCUT2D eigenvalue weighted by Crippen LogP contribution is -2.37. The van der Waals surface area contributed by atoms with Gasteiger partial charge in [0.05, 0.1) is 39.1 Å². The number of hydrogen-bond donors (Lipinski definition) is 1. The van der Waals surface area contributed by atoms with Crippen LogP contribution in [0.25, 0.3) is 16.6 Å². The van der Waals surface area contributed by atoms with Crippen molar-refractivity contribution in [2.24, 2.45) is 5.92 Å². The molecule has 0 bridgehead atoms. The first-order chi connectivity index (χ1) is 24.4. The Morgan fingerprint density at radius 2 is 1.86 bits per heavy atom. The third-order valence-corrected chi connectivity index (χ3v) is 8.70. The van der Waals surface area contributed by atoms with Gasteiger partial charge in [-0.25, -0.2) is 8.78 Å². The zero-order valence-electron chi connectivity index (χ0n) is 27.4. The summed E-state index contributed by atoms with van der Waals surface area (Å²) in [6, 6.07) is 14.8. The predicted molar refractivity (Wildman–Crippen MR) is 181 cm³/mol. The van der Waals surface area contributed by atoms with Crippen LogP contribution in [0.4, 0.5) is 8.78 Å². The van der Waals surface area contributed by atoms with Crippen molar-refractivity contribution in [1.29, 1.82) is 0 Å². The highest BCUT2D eigenvalue weighted by molar-refractivity contribution is 6.00. The van der Waals surface area contributed by atoms with Gasteiger partial charge in [-0.05, 0) is 67.1 Å². The molecule has 12 heteroatoms. The van der Waals surface area contributed by atoms with Gasteiger partial charge in [0.2, 0.25) is 0 Å². The molecule has 0 radical (unpaired) electrons. The molecule has 0 aliphatic carbocycles. The van der Waals surface area contributed by atoms with E-state index in [1.165, 1.54) is 41.0 Å². The van der Waals surface area contributed by atoms with E-state index in [4.69, 9.17) is 23.7 Å². The fraction of sp³-hybridized carbons (Fsp3) is 0.289. The lowest BCUT2D eigenvalue weighted by atomic mass is 10.0. The molecule has 2 aromatic heterocycles. The van der Waals surface area contributed by atoms with Crippen molar-refractivity contribution >= 4 is 16.7 Å². The van der Waals surface area contributed by atoms with Gasteiger partial charge in [-0.15, -0.1) is 0 Å². The van der Waals surface area contributed by atoms with Gasteiger partial charge in [-0.3, -0.25) is 19.1 Å². The van der Waals surface area contributed by atoms with Gasteiger partial charge in [0.15, 0.2) is 28.8 Å². The summed E-state index contributed by atoms with van der Waals surface area (Å²) in [7, 11) is 1.54. The summed E-state index contributed by atoms with van der Waals surface area (Å²) in [5.74, 6) is 0.476. The van der Waals surface area contributed by atoms with E-state index in [1.54, 1.807) is 43.8 Å². The highest BCUT2D eigenvalue weighted by atomic mass is 19.1. The van der Waals surface area contributed by atoms with E-state index in [2.05, 4.69) is 10.3 Å². The first-order valence-corrected chi connectivity index (χ1v) is 16.4. The number of hydrogen-bond acceptors (Lipinski definition) is 9. The Labute approximate surface area is 286 Å². The van der Waals surface area contributed by atoms with E-state index in [9.17, 15) is 14.0 Å². The Hall–Kier alpha value is -5.33. The number of ketones is 1. The van der Waals surface area contributed by atoms with E-state index in [1.807, 2.05) is 0 Å². The number of fused-ring (bicyclic) bond motifs is 2. The van der Waals surface area contributed by atoms with Crippen LogP contribution in [-0.2, 0) is 17.6 Å². The zero-order chi connectivity index (χ0) is 34.6. The van der Waals surface area contributed by atoms with E-state index in [0.717, 1.165) is 32.7 Å². The molecule has 258 valence electrons. The second kappa shape index (κ2) is 14.7. The second-order valence-corrected chi connectivity index (χ2v) is 12.2. The summed E-state index contributed by atoms with van der Waals surface area (Å²) in [5, 5.41) is 4.00. The van der Waals surface area contributed by atoms with Gasteiger partial charge in [0, 0.05) is 60.4 Å². The number of aromatic nitrogens is 2. The summed E-state index contributed by atoms with van der Waals surface area (Å²) < 4.78 is 58.8. The molecule has 5 aromatic rings. The van der Waals surface area contributed by atoms with Crippen molar-refractivity contribution in [1.82, 2.24) is 14.9 Å². The zero-order valence-corrected chi connectivity index (χ0v) is 27.4. The number of nitrogens with zero attached hydrogens (tertiary/aromatic N) is 2. The number of nitrogens with one attached hydrogen (secondary N) is 1. The Balaban J connectivity index is 1.06. The maximum absolute atomic E-state index is 15.5. The number of carbonyl (C=O) groups is 1. The molecular formula is C38H35F2N3O7. The fourth-order valence-electron chi connectivity index (χ4n) is 6.00. The number of carbonyl (C=O) groups excluding carboxylic acids is 1. The molecule has 3 aromatic carbocycles. The highest BCUT2D eigenvalue weighted by Gasteiger charge is 2.27. The molecule has 7 rings (SSSR count). The monoisotopic (exact) mass is 683 g/mol. The number of rotatable bonds is 14. The largest absolute Gasteiger partial charge is 0.493 e. The number of Topliss-reactive ketones (excluding diaryl/α,β-unsaturated/α-hetero) is 1. The van der Waals surface area contributed by atoms with Crippen molar-refractivity contribution in [2.45, 2.75) is 19.3 Å². The van der Waals surface area contributed by atoms with Crippen LogP contribution in [-0.4, -0.2) is 62.0 Å². The van der Waals surface area contributed by atoms with Crippen molar-refractivity contribution in [3.63, 3.8) is 0 Å². The van der Waals surface area contributed by atoms with Crippen molar-refractivity contribution in [2.75, 3.05) is 46.6 Å². The summed E-state index contributed by atoms with van der Waals surface area (Å²) in [6.45, 7) is 4.18. The molecule has 1 saturated heterocycles. The molecule has 2 aliphatic heterocycles. The summed E-state index contributed by atoms with van der Waals surface area (Å²) in [4.78, 5) is 31.5. The summed E-state index contributed by atoms with van der Waals surface area (Å²) in [6.07, 6.45) is 4.24. The van der Waals surface area contributed by atoms with E-state index >= 15 is 4.39 Å². The molecule has 0 saturated carbocycles. The lowest BCUT2D eigenvalue weighted by Gasteiger charge is -2.26. The normalized spacial score (nSPS) is 13.8. The molecule has 2 aliphatic rings. The maximum atomic E-state index is 15.5. The van der Waals surface area contributed by atoms with Crippen molar-refractivity contribution < 1.29 is 37.3 Å². The van der Waals surface area contributed by atoms with E-state index < -0.39 is 23.0 Å². The average Bonchev–Trinajstić information content (AvgIpc) is 3.56. The van der Waals surface area contributed by atoms with Crippen LogP contribution >= 0.6 is 0 Å². The van der Waals surface area contributed by atoms with E-state index in [-0.39, 0.29) is 23.5 Å². The molecule has 0 unspecified atom stereocenters. The van der Waals surface area contributed by atoms with Gasteiger partial charge >= 0.3 is 0 Å². The van der Waals surface area contributed by atoms with Crippen LogP contribution in [0.5, 0.6) is 28.7 Å². The smallest absolute Gasteiger partial charge is 0.269 e.